The second kappa shape index (κ2) is 6.02. The number of carbonyl (C=O) groups excluding carboxylic acids is 2. The van der Waals surface area contributed by atoms with Gasteiger partial charge in [0.1, 0.15) is 5.78 Å². The Kier molecular flexibility index (Phi) is 4.97. The highest BCUT2D eigenvalue weighted by molar-refractivity contribution is 5.78. The minimum Gasteiger partial charge on any atom is -0.342 e. The van der Waals surface area contributed by atoms with Crippen LogP contribution in [0.2, 0.25) is 0 Å². The zero-order valence-electron chi connectivity index (χ0n) is 10.7. The van der Waals surface area contributed by atoms with Crippen molar-refractivity contribution < 1.29 is 9.59 Å². The fourth-order valence-electron chi connectivity index (χ4n) is 2.14. The van der Waals surface area contributed by atoms with Crippen molar-refractivity contribution in [3.63, 3.8) is 0 Å². The number of amides is 1. The first-order valence-corrected chi connectivity index (χ1v) is 6.28. The molecule has 0 aromatic rings. The molecule has 1 amide bonds. The molecule has 1 fully saturated rings. The van der Waals surface area contributed by atoms with Crippen molar-refractivity contribution in [3.8, 4) is 0 Å². The number of likely N-dealkylation sites (tertiary alicyclic amines) is 1. The molecule has 0 aromatic carbocycles. The maximum absolute atomic E-state index is 11.7. The highest BCUT2D eigenvalue weighted by Gasteiger charge is 2.30. The summed E-state index contributed by atoms with van der Waals surface area (Å²) in [5.41, 5.74) is 0. The third-order valence-electron chi connectivity index (χ3n) is 3.39. The lowest BCUT2D eigenvalue weighted by atomic mass is 9.95. The number of hydrogen-bond acceptors (Lipinski definition) is 2. The molecule has 0 bridgehead atoms. The van der Waals surface area contributed by atoms with Crippen LogP contribution in [0.25, 0.3) is 0 Å². The van der Waals surface area contributed by atoms with Crippen LogP contribution in [0.15, 0.2) is 0 Å². The molecule has 1 aliphatic rings. The quantitative estimate of drug-likeness (QED) is 0.650. The molecule has 1 aliphatic heterocycles. The average Bonchev–Trinajstić information content (AvgIpc) is 2.55. The molecule has 0 aromatic heterocycles. The molecule has 1 unspecified atom stereocenters. The summed E-state index contributed by atoms with van der Waals surface area (Å²) in [5.74, 6) is 1.65. The minimum absolute atomic E-state index is 0.243. The molecule has 1 saturated heterocycles. The molecule has 16 heavy (non-hydrogen) atoms. The summed E-state index contributed by atoms with van der Waals surface area (Å²) in [7, 11) is 0. The lowest BCUT2D eigenvalue weighted by molar-refractivity contribution is -0.127. The third-order valence-corrected chi connectivity index (χ3v) is 3.39. The van der Waals surface area contributed by atoms with E-state index in [1.165, 1.54) is 0 Å². The molecule has 1 atom stereocenters. The van der Waals surface area contributed by atoms with E-state index in [9.17, 15) is 9.59 Å². The molecule has 0 radical (unpaired) electrons. The van der Waals surface area contributed by atoms with Gasteiger partial charge in [0.05, 0.1) is 0 Å². The summed E-state index contributed by atoms with van der Waals surface area (Å²) in [4.78, 5) is 24.4. The number of ketones is 1. The molecule has 1 heterocycles. The van der Waals surface area contributed by atoms with Gasteiger partial charge in [0.25, 0.3) is 0 Å². The second-order valence-corrected chi connectivity index (χ2v) is 5.21. The van der Waals surface area contributed by atoms with E-state index in [-0.39, 0.29) is 5.78 Å². The van der Waals surface area contributed by atoms with Crippen molar-refractivity contribution in [2.75, 3.05) is 13.1 Å². The minimum atomic E-state index is 0.243. The van der Waals surface area contributed by atoms with Gasteiger partial charge in [-0.15, -0.1) is 0 Å². The zero-order chi connectivity index (χ0) is 12.1. The van der Waals surface area contributed by atoms with E-state index in [4.69, 9.17) is 0 Å². The molecule has 92 valence electrons. The zero-order valence-corrected chi connectivity index (χ0v) is 10.7. The number of Topliss-reactive ketones (excluding diaryl/α,β-unsaturated/α-hetero) is 1. The Bertz CT molecular complexity index is 261. The predicted molar refractivity (Wildman–Crippen MR) is 64.1 cm³/mol. The van der Waals surface area contributed by atoms with Crippen LogP contribution in [0, 0.1) is 11.8 Å². The summed E-state index contributed by atoms with van der Waals surface area (Å²) >= 11 is 0. The fourth-order valence-corrected chi connectivity index (χ4v) is 2.14. The number of unbranched alkanes of at least 4 members (excludes halogenated alkanes) is 1. The van der Waals surface area contributed by atoms with Crippen molar-refractivity contribution >= 4 is 11.7 Å². The molecule has 0 spiro atoms. The Morgan fingerprint density at radius 3 is 2.62 bits per heavy atom. The molecule has 0 N–H and O–H groups in total. The van der Waals surface area contributed by atoms with E-state index in [0.29, 0.717) is 30.6 Å². The van der Waals surface area contributed by atoms with E-state index in [1.54, 1.807) is 6.92 Å². The number of nitrogens with zero attached hydrogens (tertiary/aromatic N) is 1. The van der Waals surface area contributed by atoms with Gasteiger partial charge in [-0.25, -0.2) is 0 Å². The first-order chi connectivity index (χ1) is 7.50. The second-order valence-electron chi connectivity index (χ2n) is 5.21. The van der Waals surface area contributed by atoms with Crippen molar-refractivity contribution in [1.29, 1.82) is 0 Å². The van der Waals surface area contributed by atoms with Gasteiger partial charge in [0, 0.05) is 25.9 Å². The number of carbonyl (C=O) groups is 2. The highest BCUT2D eigenvalue weighted by atomic mass is 16.2. The summed E-state index contributed by atoms with van der Waals surface area (Å²) in [5, 5.41) is 0. The normalized spacial score (nSPS) is 20.9. The maximum atomic E-state index is 11.7. The Balaban J connectivity index is 2.23. The van der Waals surface area contributed by atoms with Crippen LogP contribution in [0.5, 0.6) is 0 Å². The van der Waals surface area contributed by atoms with E-state index in [1.807, 2.05) is 4.90 Å². The van der Waals surface area contributed by atoms with E-state index in [0.717, 1.165) is 25.9 Å². The number of rotatable bonds is 6. The molecule has 0 saturated carbocycles. The Labute approximate surface area is 98.2 Å². The fraction of sp³-hybridized carbons (Fsp3) is 0.846. The Morgan fingerprint density at radius 1 is 1.44 bits per heavy atom. The highest BCUT2D eigenvalue weighted by Crippen LogP contribution is 2.24. The van der Waals surface area contributed by atoms with Crippen LogP contribution < -0.4 is 0 Å². The number of hydrogen-bond donors (Lipinski definition) is 0. The van der Waals surface area contributed by atoms with Gasteiger partial charge in [-0.1, -0.05) is 13.8 Å². The summed E-state index contributed by atoms with van der Waals surface area (Å²) in [6.45, 7) is 7.72. The molecule has 3 nitrogen and oxygen atoms in total. The summed E-state index contributed by atoms with van der Waals surface area (Å²) in [6.07, 6.45) is 3.22. The van der Waals surface area contributed by atoms with Crippen molar-refractivity contribution in [2.45, 2.75) is 46.5 Å². The maximum Gasteiger partial charge on any atom is 0.222 e. The van der Waals surface area contributed by atoms with Crippen molar-refractivity contribution in [3.05, 3.63) is 0 Å². The molecule has 1 rings (SSSR count). The monoisotopic (exact) mass is 225 g/mol. The van der Waals surface area contributed by atoms with Gasteiger partial charge in [-0.3, -0.25) is 4.79 Å². The third kappa shape index (κ3) is 3.95. The van der Waals surface area contributed by atoms with Gasteiger partial charge in [0.2, 0.25) is 5.91 Å². The van der Waals surface area contributed by atoms with E-state index < -0.39 is 0 Å². The largest absolute Gasteiger partial charge is 0.342 e. The predicted octanol–water partition coefficient (Wildman–Crippen LogP) is 2.25. The first-order valence-electron chi connectivity index (χ1n) is 6.28. The van der Waals surface area contributed by atoms with Crippen LogP contribution >= 0.6 is 0 Å². The van der Waals surface area contributed by atoms with Gasteiger partial charge in [-0.2, -0.15) is 0 Å². The standard InChI is InChI=1S/C13H23NO2/c1-10(2)12-8-13(16)14(9-12)7-5-4-6-11(3)15/h10,12H,4-9H2,1-3H3. The lowest BCUT2D eigenvalue weighted by Crippen LogP contribution is -2.26. The van der Waals surface area contributed by atoms with Gasteiger partial charge < -0.3 is 9.69 Å². The van der Waals surface area contributed by atoms with Gasteiger partial charge in [-0.05, 0) is 31.6 Å². The van der Waals surface area contributed by atoms with Gasteiger partial charge in [0.15, 0.2) is 0 Å². The smallest absolute Gasteiger partial charge is 0.222 e. The summed E-state index contributed by atoms with van der Waals surface area (Å²) < 4.78 is 0. The SMILES string of the molecule is CC(=O)CCCCN1CC(C(C)C)CC1=O. The molecular formula is C13H23NO2. The van der Waals surface area contributed by atoms with Crippen LogP contribution in [0.1, 0.15) is 46.5 Å². The van der Waals surface area contributed by atoms with Gasteiger partial charge >= 0.3 is 0 Å². The lowest BCUT2D eigenvalue weighted by Gasteiger charge is -2.17. The van der Waals surface area contributed by atoms with Crippen LogP contribution in [0.3, 0.4) is 0 Å². The topological polar surface area (TPSA) is 37.4 Å². The van der Waals surface area contributed by atoms with E-state index in [2.05, 4.69) is 13.8 Å². The van der Waals surface area contributed by atoms with Crippen LogP contribution in [-0.4, -0.2) is 29.7 Å². The van der Waals surface area contributed by atoms with Crippen molar-refractivity contribution in [1.82, 2.24) is 4.90 Å². The van der Waals surface area contributed by atoms with Crippen molar-refractivity contribution in [2.24, 2.45) is 11.8 Å². The molecule has 3 heteroatoms. The molecular weight excluding hydrogens is 202 g/mol. The average molecular weight is 225 g/mol. The van der Waals surface area contributed by atoms with E-state index >= 15 is 0 Å². The van der Waals surface area contributed by atoms with Crippen LogP contribution in [-0.2, 0) is 9.59 Å². The first kappa shape index (κ1) is 13.2. The van der Waals surface area contributed by atoms with Crippen LogP contribution in [0.4, 0.5) is 0 Å². The Hall–Kier alpha value is -0.860. The molecule has 0 aliphatic carbocycles. The summed E-state index contributed by atoms with van der Waals surface area (Å²) in [6, 6.07) is 0. The Morgan fingerprint density at radius 2 is 2.12 bits per heavy atom.